The average molecular weight is 237 g/mol. The van der Waals surface area contributed by atoms with Gasteiger partial charge in [0, 0.05) is 44.7 Å². The van der Waals surface area contributed by atoms with Crippen LogP contribution in [-0.2, 0) is 9.53 Å². The summed E-state index contributed by atoms with van der Waals surface area (Å²) in [5, 5.41) is 5.97. The van der Waals surface area contributed by atoms with Gasteiger partial charge in [-0.2, -0.15) is 0 Å². The van der Waals surface area contributed by atoms with Gasteiger partial charge in [-0.15, -0.1) is 0 Å². The number of pyridine rings is 1. The number of aromatic nitrogens is 1. The molecule has 2 N–H and O–H groups in total. The molecule has 0 saturated heterocycles. The Morgan fingerprint density at radius 2 is 2.29 bits per heavy atom. The van der Waals surface area contributed by atoms with Crippen molar-refractivity contribution in [3.63, 3.8) is 0 Å². The van der Waals surface area contributed by atoms with E-state index in [-0.39, 0.29) is 5.91 Å². The van der Waals surface area contributed by atoms with Crippen LogP contribution in [0.25, 0.3) is 0 Å². The molecule has 0 aromatic carbocycles. The van der Waals surface area contributed by atoms with Gasteiger partial charge in [-0.25, -0.2) is 0 Å². The Kier molecular flexibility index (Phi) is 6.03. The minimum Gasteiger partial charge on any atom is -0.384 e. The van der Waals surface area contributed by atoms with E-state index in [0.29, 0.717) is 26.1 Å². The summed E-state index contributed by atoms with van der Waals surface area (Å²) in [6.45, 7) is 3.70. The number of amides is 1. The van der Waals surface area contributed by atoms with E-state index < -0.39 is 0 Å². The third-order valence-electron chi connectivity index (χ3n) is 2.32. The van der Waals surface area contributed by atoms with E-state index in [0.717, 1.165) is 11.3 Å². The van der Waals surface area contributed by atoms with Crippen LogP contribution in [0.2, 0.25) is 0 Å². The van der Waals surface area contributed by atoms with Crippen LogP contribution in [0.4, 0.5) is 5.69 Å². The lowest BCUT2D eigenvalue weighted by Crippen LogP contribution is -2.28. The van der Waals surface area contributed by atoms with Crippen LogP contribution in [0.15, 0.2) is 18.5 Å². The first kappa shape index (κ1) is 13.4. The van der Waals surface area contributed by atoms with E-state index in [2.05, 4.69) is 15.6 Å². The molecule has 1 rings (SSSR count). The number of rotatable bonds is 7. The van der Waals surface area contributed by atoms with Crippen LogP contribution in [0.3, 0.4) is 0 Å². The number of nitrogens with one attached hydrogen (secondary N) is 2. The maximum Gasteiger partial charge on any atom is 0.221 e. The number of methoxy groups -OCH3 is 1. The molecule has 1 aromatic rings. The van der Waals surface area contributed by atoms with Crippen LogP contribution < -0.4 is 10.6 Å². The Hall–Kier alpha value is -1.62. The number of nitrogens with zero attached hydrogens (tertiary/aromatic N) is 1. The van der Waals surface area contributed by atoms with Crippen molar-refractivity contribution in [2.45, 2.75) is 13.3 Å². The van der Waals surface area contributed by atoms with Gasteiger partial charge in [0.25, 0.3) is 0 Å². The average Bonchev–Trinajstić information content (AvgIpc) is 2.32. The van der Waals surface area contributed by atoms with E-state index in [1.807, 2.05) is 13.0 Å². The first-order valence-electron chi connectivity index (χ1n) is 5.64. The topological polar surface area (TPSA) is 63.2 Å². The molecule has 0 bridgehead atoms. The van der Waals surface area contributed by atoms with Crippen molar-refractivity contribution < 1.29 is 9.53 Å². The summed E-state index contributed by atoms with van der Waals surface area (Å²) < 4.78 is 4.84. The first-order chi connectivity index (χ1) is 8.24. The number of anilines is 1. The highest BCUT2D eigenvalue weighted by Crippen LogP contribution is 2.10. The van der Waals surface area contributed by atoms with Crippen LogP contribution >= 0.6 is 0 Å². The zero-order valence-corrected chi connectivity index (χ0v) is 10.3. The van der Waals surface area contributed by atoms with Crippen molar-refractivity contribution in [1.29, 1.82) is 0 Å². The Balaban J connectivity index is 2.19. The summed E-state index contributed by atoms with van der Waals surface area (Å²) in [5.41, 5.74) is 2.09. The fraction of sp³-hybridized carbons (Fsp3) is 0.500. The van der Waals surface area contributed by atoms with Gasteiger partial charge < -0.3 is 15.4 Å². The summed E-state index contributed by atoms with van der Waals surface area (Å²) in [6, 6.07) is 1.90. The second-order valence-corrected chi connectivity index (χ2v) is 3.71. The minimum atomic E-state index is 0.0289. The van der Waals surface area contributed by atoms with Gasteiger partial charge >= 0.3 is 0 Å². The number of aryl methyl sites for hydroxylation is 1. The van der Waals surface area contributed by atoms with Crippen molar-refractivity contribution in [3.05, 3.63) is 24.0 Å². The van der Waals surface area contributed by atoms with Crippen molar-refractivity contribution in [2.24, 2.45) is 0 Å². The fourth-order valence-electron chi connectivity index (χ4n) is 1.36. The number of carbonyl (C=O) groups is 1. The standard InChI is InChI=1S/C12H19N3O2/c1-10-9-13-5-3-11(10)14-6-4-12(16)15-7-8-17-2/h3,5,9H,4,6-8H2,1-2H3,(H,13,14)(H,15,16). The van der Waals surface area contributed by atoms with Gasteiger partial charge in [-0.05, 0) is 18.6 Å². The van der Waals surface area contributed by atoms with Crippen molar-refractivity contribution in [3.8, 4) is 0 Å². The van der Waals surface area contributed by atoms with Gasteiger partial charge in [-0.1, -0.05) is 0 Å². The summed E-state index contributed by atoms with van der Waals surface area (Å²) in [4.78, 5) is 15.4. The molecule has 0 unspecified atom stereocenters. The molecule has 0 aliphatic heterocycles. The highest BCUT2D eigenvalue weighted by atomic mass is 16.5. The van der Waals surface area contributed by atoms with Crippen LogP contribution in [0.1, 0.15) is 12.0 Å². The van der Waals surface area contributed by atoms with Crippen molar-refractivity contribution >= 4 is 11.6 Å². The van der Waals surface area contributed by atoms with Gasteiger partial charge in [0.05, 0.1) is 6.61 Å². The zero-order chi connectivity index (χ0) is 12.5. The molecule has 1 heterocycles. The van der Waals surface area contributed by atoms with Crippen LogP contribution in [0, 0.1) is 6.92 Å². The molecule has 0 saturated carbocycles. The van der Waals surface area contributed by atoms with E-state index in [4.69, 9.17) is 4.74 Å². The Labute approximate surface area is 102 Å². The molecular formula is C12H19N3O2. The second-order valence-electron chi connectivity index (χ2n) is 3.71. The fourth-order valence-corrected chi connectivity index (χ4v) is 1.36. The molecule has 0 radical (unpaired) electrons. The molecule has 5 nitrogen and oxygen atoms in total. The second kappa shape index (κ2) is 7.62. The van der Waals surface area contributed by atoms with E-state index >= 15 is 0 Å². The van der Waals surface area contributed by atoms with Crippen molar-refractivity contribution in [2.75, 3.05) is 32.1 Å². The lowest BCUT2D eigenvalue weighted by molar-refractivity contribution is -0.121. The minimum absolute atomic E-state index is 0.0289. The lowest BCUT2D eigenvalue weighted by Gasteiger charge is -2.08. The lowest BCUT2D eigenvalue weighted by atomic mass is 10.2. The van der Waals surface area contributed by atoms with E-state index in [9.17, 15) is 4.79 Å². The quantitative estimate of drug-likeness (QED) is 0.693. The maximum atomic E-state index is 11.4. The predicted octanol–water partition coefficient (Wildman–Crippen LogP) is 0.955. The molecule has 5 heteroatoms. The monoisotopic (exact) mass is 237 g/mol. The molecular weight excluding hydrogens is 218 g/mol. The predicted molar refractivity (Wildman–Crippen MR) is 67.0 cm³/mol. The third-order valence-corrected chi connectivity index (χ3v) is 2.32. The van der Waals surface area contributed by atoms with E-state index in [1.165, 1.54) is 0 Å². The maximum absolute atomic E-state index is 11.4. The summed E-state index contributed by atoms with van der Waals surface area (Å²) in [5.74, 6) is 0.0289. The van der Waals surface area contributed by atoms with Gasteiger partial charge in [0.2, 0.25) is 5.91 Å². The number of hydrogen-bond acceptors (Lipinski definition) is 4. The summed E-state index contributed by atoms with van der Waals surface area (Å²) in [6.07, 6.45) is 3.97. The molecule has 1 aromatic heterocycles. The molecule has 1 amide bonds. The number of carbonyl (C=O) groups excluding carboxylic acids is 1. The Morgan fingerprint density at radius 3 is 3.00 bits per heavy atom. The van der Waals surface area contributed by atoms with Crippen molar-refractivity contribution in [1.82, 2.24) is 10.3 Å². The number of ether oxygens (including phenoxy) is 1. The molecule has 0 spiro atoms. The van der Waals surface area contributed by atoms with E-state index in [1.54, 1.807) is 19.5 Å². The SMILES string of the molecule is COCCNC(=O)CCNc1ccncc1C. The molecule has 0 aliphatic rings. The summed E-state index contributed by atoms with van der Waals surface area (Å²) >= 11 is 0. The van der Waals surface area contributed by atoms with Gasteiger partial charge in [0.15, 0.2) is 0 Å². The normalized spacial score (nSPS) is 10.0. The zero-order valence-electron chi connectivity index (χ0n) is 10.3. The van der Waals surface area contributed by atoms with Gasteiger partial charge in [-0.3, -0.25) is 9.78 Å². The van der Waals surface area contributed by atoms with Crippen LogP contribution in [0.5, 0.6) is 0 Å². The van der Waals surface area contributed by atoms with Crippen LogP contribution in [-0.4, -0.2) is 37.7 Å². The number of hydrogen-bond donors (Lipinski definition) is 2. The largest absolute Gasteiger partial charge is 0.384 e. The smallest absolute Gasteiger partial charge is 0.221 e. The molecule has 94 valence electrons. The Morgan fingerprint density at radius 1 is 1.47 bits per heavy atom. The highest BCUT2D eigenvalue weighted by molar-refractivity contribution is 5.76. The molecule has 0 aliphatic carbocycles. The summed E-state index contributed by atoms with van der Waals surface area (Å²) in [7, 11) is 1.61. The molecule has 0 atom stereocenters. The molecule has 17 heavy (non-hydrogen) atoms. The third kappa shape index (κ3) is 5.31. The molecule has 0 fully saturated rings. The van der Waals surface area contributed by atoms with Gasteiger partial charge in [0.1, 0.15) is 0 Å². The first-order valence-corrected chi connectivity index (χ1v) is 5.64. The Bertz CT molecular complexity index is 355. The highest BCUT2D eigenvalue weighted by Gasteiger charge is 2.01.